The van der Waals surface area contributed by atoms with E-state index >= 15 is 0 Å². The van der Waals surface area contributed by atoms with Gasteiger partial charge in [0, 0.05) is 0 Å². The predicted octanol–water partition coefficient (Wildman–Crippen LogP) is 3.19. The Balaban J connectivity index is 4.10. The maximum atomic E-state index is 12.0. The highest BCUT2D eigenvalue weighted by atomic mass is 19.4. The third kappa shape index (κ3) is 2.20. The molecule has 10 heavy (non-hydrogen) atoms. The third-order valence-electron chi connectivity index (χ3n) is 1.45. The van der Waals surface area contributed by atoms with E-state index in [9.17, 15) is 13.2 Å². The summed E-state index contributed by atoms with van der Waals surface area (Å²) in [6.07, 6.45) is -2.39. The minimum atomic E-state index is -4.11. The van der Waals surface area contributed by atoms with Crippen molar-refractivity contribution in [2.45, 2.75) is 33.4 Å². The number of rotatable bonds is 2. The zero-order chi connectivity index (χ0) is 8.41. The molecular formula is C7H12F3. The highest BCUT2D eigenvalue weighted by Crippen LogP contribution is 2.40. The molecule has 0 aliphatic carbocycles. The Morgan fingerprint density at radius 2 is 1.60 bits per heavy atom. The Morgan fingerprint density at radius 1 is 1.20 bits per heavy atom. The van der Waals surface area contributed by atoms with E-state index in [1.165, 1.54) is 20.3 Å². The molecule has 0 rings (SSSR count). The largest absolute Gasteiger partial charge is 0.394 e. The second kappa shape index (κ2) is 2.81. The number of halogens is 3. The van der Waals surface area contributed by atoms with E-state index in [2.05, 4.69) is 0 Å². The minimum absolute atomic E-state index is 0.451. The van der Waals surface area contributed by atoms with Crippen molar-refractivity contribution in [2.75, 3.05) is 0 Å². The van der Waals surface area contributed by atoms with E-state index in [1.807, 2.05) is 0 Å². The lowest BCUT2D eigenvalue weighted by atomic mass is 9.87. The molecule has 0 aromatic heterocycles. The number of alkyl halides is 3. The Morgan fingerprint density at radius 3 is 1.70 bits per heavy atom. The third-order valence-corrected chi connectivity index (χ3v) is 1.45. The van der Waals surface area contributed by atoms with Gasteiger partial charge in [-0.05, 0) is 6.42 Å². The van der Waals surface area contributed by atoms with Gasteiger partial charge in [0.25, 0.3) is 0 Å². The molecule has 61 valence electrons. The predicted molar refractivity (Wildman–Crippen MR) is 34.4 cm³/mol. The van der Waals surface area contributed by atoms with E-state index in [0.717, 1.165) is 0 Å². The lowest BCUT2D eigenvalue weighted by Gasteiger charge is -2.26. The highest BCUT2D eigenvalue weighted by molar-refractivity contribution is 4.89. The molecule has 0 bridgehead atoms. The summed E-state index contributed by atoms with van der Waals surface area (Å²) < 4.78 is 36.0. The minimum Gasteiger partial charge on any atom is -0.171 e. The van der Waals surface area contributed by atoms with E-state index < -0.39 is 11.6 Å². The van der Waals surface area contributed by atoms with Crippen LogP contribution in [-0.4, -0.2) is 6.18 Å². The first kappa shape index (κ1) is 9.79. The normalized spacial score (nSPS) is 13.8. The van der Waals surface area contributed by atoms with Gasteiger partial charge in [0.2, 0.25) is 0 Å². The van der Waals surface area contributed by atoms with Crippen LogP contribution in [0.1, 0.15) is 27.2 Å². The van der Waals surface area contributed by atoms with Crippen LogP contribution < -0.4 is 0 Å². The van der Waals surface area contributed by atoms with Gasteiger partial charge in [-0.1, -0.05) is 27.2 Å². The summed E-state index contributed by atoms with van der Waals surface area (Å²) in [5.74, 6) is 0. The van der Waals surface area contributed by atoms with Crippen molar-refractivity contribution in [3.05, 3.63) is 6.42 Å². The summed E-state index contributed by atoms with van der Waals surface area (Å²) in [6, 6.07) is 0. The standard InChI is InChI=1S/C7H12F3/c1-4-5-6(2,3)7(8,9)10/h5H,4H2,1-3H3. The van der Waals surface area contributed by atoms with E-state index in [4.69, 9.17) is 0 Å². The Kier molecular flexibility index (Phi) is 2.75. The fourth-order valence-corrected chi connectivity index (χ4v) is 0.626. The molecule has 0 atom stereocenters. The molecule has 0 aliphatic rings. The van der Waals surface area contributed by atoms with Crippen LogP contribution >= 0.6 is 0 Å². The first-order chi connectivity index (χ1) is 4.31. The highest BCUT2D eigenvalue weighted by Gasteiger charge is 2.46. The Labute approximate surface area is 59.4 Å². The molecule has 0 spiro atoms. The fourth-order valence-electron chi connectivity index (χ4n) is 0.626. The van der Waals surface area contributed by atoms with Crippen LogP contribution in [0.15, 0.2) is 0 Å². The second-order valence-corrected chi connectivity index (χ2v) is 2.83. The lowest BCUT2D eigenvalue weighted by Crippen LogP contribution is -2.32. The quantitative estimate of drug-likeness (QED) is 0.571. The molecule has 0 heterocycles. The van der Waals surface area contributed by atoms with E-state index in [-0.39, 0.29) is 0 Å². The second-order valence-electron chi connectivity index (χ2n) is 2.83. The summed E-state index contributed by atoms with van der Waals surface area (Å²) in [6.45, 7) is 4.06. The van der Waals surface area contributed by atoms with Crippen LogP contribution in [0.3, 0.4) is 0 Å². The molecule has 0 aromatic rings. The maximum Gasteiger partial charge on any atom is 0.394 e. The van der Waals surface area contributed by atoms with E-state index in [0.29, 0.717) is 6.42 Å². The first-order valence-corrected chi connectivity index (χ1v) is 3.22. The van der Waals surface area contributed by atoms with Crippen molar-refractivity contribution in [2.24, 2.45) is 5.41 Å². The summed E-state index contributed by atoms with van der Waals surface area (Å²) in [7, 11) is 0. The zero-order valence-corrected chi connectivity index (χ0v) is 6.42. The van der Waals surface area contributed by atoms with Crippen LogP contribution in [0.4, 0.5) is 13.2 Å². The van der Waals surface area contributed by atoms with Gasteiger partial charge in [0.15, 0.2) is 0 Å². The van der Waals surface area contributed by atoms with Crippen LogP contribution in [0, 0.1) is 11.8 Å². The molecule has 0 N–H and O–H groups in total. The summed E-state index contributed by atoms with van der Waals surface area (Å²) >= 11 is 0. The summed E-state index contributed by atoms with van der Waals surface area (Å²) in [5, 5.41) is 0. The van der Waals surface area contributed by atoms with Crippen molar-refractivity contribution in [1.29, 1.82) is 0 Å². The van der Waals surface area contributed by atoms with Gasteiger partial charge < -0.3 is 0 Å². The molecule has 1 radical (unpaired) electrons. The molecule has 0 aliphatic heterocycles. The summed E-state index contributed by atoms with van der Waals surface area (Å²) in [5.41, 5.74) is -1.64. The number of hydrogen-bond donors (Lipinski definition) is 0. The van der Waals surface area contributed by atoms with Crippen molar-refractivity contribution in [3.8, 4) is 0 Å². The lowest BCUT2D eigenvalue weighted by molar-refractivity contribution is -0.199. The molecule has 0 nitrogen and oxygen atoms in total. The van der Waals surface area contributed by atoms with E-state index in [1.54, 1.807) is 6.92 Å². The van der Waals surface area contributed by atoms with Crippen LogP contribution in [0.25, 0.3) is 0 Å². The smallest absolute Gasteiger partial charge is 0.171 e. The SMILES string of the molecule is CC[CH]C(C)(C)C(F)(F)F. The van der Waals surface area contributed by atoms with Gasteiger partial charge in [-0.15, -0.1) is 0 Å². The number of hydrogen-bond acceptors (Lipinski definition) is 0. The van der Waals surface area contributed by atoms with Gasteiger partial charge in [0.05, 0.1) is 5.41 Å². The molecule has 0 unspecified atom stereocenters. The first-order valence-electron chi connectivity index (χ1n) is 3.22. The van der Waals surface area contributed by atoms with Crippen molar-refractivity contribution in [3.63, 3.8) is 0 Å². The monoisotopic (exact) mass is 153 g/mol. The molecular weight excluding hydrogens is 141 g/mol. The molecule has 3 heteroatoms. The van der Waals surface area contributed by atoms with Gasteiger partial charge in [-0.3, -0.25) is 0 Å². The van der Waals surface area contributed by atoms with Crippen molar-refractivity contribution in [1.82, 2.24) is 0 Å². The zero-order valence-electron chi connectivity index (χ0n) is 6.42. The van der Waals surface area contributed by atoms with Crippen LogP contribution in [0.5, 0.6) is 0 Å². The Hall–Kier alpha value is -0.210. The van der Waals surface area contributed by atoms with Crippen LogP contribution in [0.2, 0.25) is 0 Å². The maximum absolute atomic E-state index is 12.0. The molecule has 0 fully saturated rings. The topological polar surface area (TPSA) is 0 Å². The van der Waals surface area contributed by atoms with Gasteiger partial charge >= 0.3 is 6.18 Å². The van der Waals surface area contributed by atoms with Gasteiger partial charge in [-0.25, -0.2) is 0 Å². The molecule has 0 saturated heterocycles. The Bertz CT molecular complexity index is 102. The van der Waals surface area contributed by atoms with Crippen molar-refractivity contribution < 1.29 is 13.2 Å². The fraction of sp³-hybridized carbons (Fsp3) is 0.857. The van der Waals surface area contributed by atoms with Crippen LogP contribution in [-0.2, 0) is 0 Å². The average molecular weight is 153 g/mol. The van der Waals surface area contributed by atoms with Crippen molar-refractivity contribution >= 4 is 0 Å². The molecule has 0 amide bonds. The average Bonchev–Trinajstić information content (AvgIpc) is 1.61. The molecule has 0 aromatic carbocycles. The van der Waals surface area contributed by atoms with Gasteiger partial charge in [-0.2, -0.15) is 13.2 Å². The summed E-state index contributed by atoms with van der Waals surface area (Å²) in [4.78, 5) is 0. The molecule has 0 saturated carbocycles. The van der Waals surface area contributed by atoms with Gasteiger partial charge in [0.1, 0.15) is 0 Å².